The van der Waals surface area contributed by atoms with Crippen molar-refractivity contribution in [3.63, 3.8) is 0 Å². The molecule has 0 amide bonds. The molecule has 0 fully saturated rings. The normalized spacial score (nSPS) is 10.3. The summed E-state index contributed by atoms with van der Waals surface area (Å²) in [4.78, 5) is 20.2. The maximum Gasteiger partial charge on any atom is 0.512 e. The van der Waals surface area contributed by atoms with Gasteiger partial charge in [-0.05, 0) is 12.1 Å². The smallest absolute Gasteiger partial charge is 0.449 e. The van der Waals surface area contributed by atoms with Crippen LogP contribution in [-0.2, 0) is 0 Å². The first kappa shape index (κ1) is 17.5. The lowest BCUT2D eigenvalue weighted by Crippen LogP contribution is -2.13. The first-order valence-corrected chi connectivity index (χ1v) is 7.00. The Balaban J connectivity index is 2.70. The van der Waals surface area contributed by atoms with E-state index in [1.54, 1.807) is 14.1 Å². The molecule has 0 atom stereocenters. The lowest BCUT2D eigenvalue weighted by atomic mass is 10.1. The molecular weight excluding hydrogens is 339 g/mol. The number of carbonyl (C=O) groups is 1. The van der Waals surface area contributed by atoms with Crippen LogP contribution in [0.1, 0.15) is 5.56 Å². The SMILES string of the molecule is C=Cc1c(N)nc(-c2ccc(Cl)c(N(C)C)c2F)nc1OC(=O)O. The molecule has 2 rings (SSSR count). The van der Waals surface area contributed by atoms with Crippen molar-refractivity contribution in [2.45, 2.75) is 0 Å². The third-order valence-corrected chi connectivity index (χ3v) is 3.39. The first-order valence-electron chi connectivity index (χ1n) is 6.62. The molecule has 0 aliphatic heterocycles. The van der Waals surface area contributed by atoms with Gasteiger partial charge in [0.05, 0.1) is 21.8 Å². The predicted molar refractivity (Wildman–Crippen MR) is 89.9 cm³/mol. The van der Waals surface area contributed by atoms with Crippen LogP contribution in [0.2, 0.25) is 5.02 Å². The highest BCUT2D eigenvalue weighted by molar-refractivity contribution is 6.33. The minimum atomic E-state index is -1.59. The van der Waals surface area contributed by atoms with Crippen LogP contribution in [0.4, 0.5) is 20.7 Å². The fourth-order valence-electron chi connectivity index (χ4n) is 2.06. The molecule has 0 aliphatic rings. The van der Waals surface area contributed by atoms with Crippen LogP contribution >= 0.6 is 11.6 Å². The number of nitrogens with zero attached hydrogens (tertiary/aromatic N) is 3. The summed E-state index contributed by atoms with van der Waals surface area (Å²) in [5.41, 5.74) is 6.01. The zero-order chi connectivity index (χ0) is 18.0. The number of halogens is 2. The summed E-state index contributed by atoms with van der Waals surface area (Å²) in [5, 5.41) is 9.00. The zero-order valence-corrected chi connectivity index (χ0v) is 13.6. The highest BCUT2D eigenvalue weighted by Crippen LogP contribution is 2.35. The summed E-state index contributed by atoms with van der Waals surface area (Å²) in [6.45, 7) is 3.50. The highest BCUT2D eigenvalue weighted by Gasteiger charge is 2.21. The number of carboxylic acid groups (broad SMARTS) is 1. The lowest BCUT2D eigenvalue weighted by Gasteiger charge is -2.17. The lowest BCUT2D eigenvalue weighted by molar-refractivity contribution is 0.142. The van der Waals surface area contributed by atoms with Crippen LogP contribution in [0.3, 0.4) is 0 Å². The van der Waals surface area contributed by atoms with Gasteiger partial charge < -0.3 is 20.5 Å². The van der Waals surface area contributed by atoms with Crippen molar-refractivity contribution < 1.29 is 19.0 Å². The van der Waals surface area contributed by atoms with E-state index in [0.717, 1.165) is 0 Å². The number of aromatic nitrogens is 2. The summed E-state index contributed by atoms with van der Waals surface area (Å²) in [6.07, 6.45) is -0.339. The van der Waals surface area contributed by atoms with Gasteiger partial charge in [0.2, 0.25) is 5.88 Å². The second kappa shape index (κ2) is 6.71. The molecule has 0 aliphatic carbocycles. The van der Waals surface area contributed by atoms with Gasteiger partial charge in [0.15, 0.2) is 11.6 Å². The largest absolute Gasteiger partial charge is 0.512 e. The van der Waals surface area contributed by atoms with E-state index in [9.17, 15) is 9.18 Å². The van der Waals surface area contributed by atoms with Crippen LogP contribution < -0.4 is 15.4 Å². The van der Waals surface area contributed by atoms with Gasteiger partial charge >= 0.3 is 6.16 Å². The minimum absolute atomic E-state index is 0.000603. The van der Waals surface area contributed by atoms with E-state index in [1.165, 1.54) is 23.1 Å². The second-order valence-corrected chi connectivity index (χ2v) is 5.28. The molecule has 1 aromatic heterocycles. The maximum atomic E-state index is 14.8. The van der Waals surface area contributed by atoms with Crippen LogP contribution in [0.15, 0.2) is 18.7 Å². The molecule has 7 nitrogen and oxygen atoms in total. The fraction of sp³-hybridized carbons (Fsp3) is 0.133. The van der Waals surface area contributed by atoms with E-state index in [0.29, 0.717) is 0 Å². The molecule has 0 saturated carbocycles. The van der Waals surface area contributed by atoms with Gasteiger partial charge in [0.25, 0.3) is 0 Å². The van der Waals surface area contributed by atoms with Gasteiger partial charge in [0.1, 0.15) is 5.82 Å². The number of hydrogen-bond donors (Lipinski definition) is 2. The summed E-state index contributed by atoms with van der Waals surface area (Å²) >= 11 is 6.00. The molecule has 0 bridgehead atoms. The maximum absolute atomic E-state index is 14.8. The summed E-state index contributed by atoms with van der Waals surface area (Å²) < 4.78 is 19.3. The van der Waals surface area contributed by atoms with E-state index < -0.39 is 12.0 Å². The Morgan fingerprint density at radius 2 is 2.12 bits per heavy atom. The van der Waals surface area contributed by atoms with E-state index in [2.05, 4.69) is 21.3 Å². The summed E-state index contributed by atoms with van der Waals surface area (Å²) in [7, 11) is 3.26. The van der Waals surface area contributed by atoms with E-state index >= 15 is 0 Å². The molecule has 3 N–H and O–H groups in total. The summed E-state index contributed by atoms with van der Waals surface area (Å²) in [5.74, 6) is -1.22. The van der Waals surface area contributed by atoms with Crippen molar-refractivity contribution in [2.24, 2.45) is 0 Å². The number of hydrogen-bond acceptors (Lipinski definition) is 6. The van der Waals surface area contributed by atoms with Gasteiger partial charge in [-0.25, -0.2) is 14.2 Å². The number of nitrogens with two attached hydrogens (primary N) is 1. The first-order chi connectivity index (χ1) is 11.3. The topological polar surface area (TPSA) is 102 Å². The van der Waals surface area contributed by atoms with E-state index in [1.807, 2.05) is 0 Å². The molecule has 9 heteroatoms. The fourth-order valence-corrected chi connectivity index (χ4v) is 2.38. The van der Waals surface area contributed by atoms with Crippen molar-refractivity contribution in [3.05, 3.63) is 35.1 Å². The molecule has 24 heavy (non-hydrogen) atoms. The molecule has 0 radical (unpaired) electrons. The second-order valence-electron chi connectivity index (χ2n) is 4.88. The number of nitrogen functional groups attached to an aromatic ring is 1. The van der Waals surface area contributed by atoms with E-state index in [4.69, 9.17) is 22.4 Å². The van der Waals surface area contributed by atoms with Gasteiger partial charge in [-0.2, -0.15) is 4.98 Å². The quantitative estimate of drug-likeness (QED) is 0.814. The Labute approximate surface area is 142 Å². The summed E-state index contributed by atoms with van der Waals surface area (Å²) in [6, 6.07) is 2.85. The monoisotopic (exact) mass is 352 g/mol. The molecule has 1 heterocycles. The number of anilines is 2. The number of rotatable bonds is 4. The Morgan fingerprint density at radius 1 is 1.46 bits per heavy atom. The van der Waals surface area contributed by atoms with Crippen molar-refractivity contribution in [1.82, 2.24) is 9.97 Å². The number of ether oxygens (including phenoxy) is 1. The van der Waals surface area contributed by atoms with Gasteiger partial charge in [-0.15, -0.1) is 0 Å². The molecule has 0 unspecified atom stereocenters. The minimum Gasteiger partial charge on any atom is -0.449 e. The molecule has 1 aromatic carbocycles. The van der Waals surface area contributed by atoms with Crippen LogP contribution in [-0.4, -0.2) is 35.3 Å². The van der Waals surface area contributed by atoms with E-state index in [-0.39, 0.29) is 39.4 Å². The highest BCUT2D eigenvalue weighted by atomic mass is 35.5. The molecular formula is C15H14ClFN4O3. The number of benzene rings is 1. The Bertz CT molecular complexity index is 827. The van der Waals surface area contributed by atoms with Crippen LogP contribution in [0.25, 0.3) is 17.5 Å². The van der Waals surface area contributed by atoms with Crippen molar-refractivity contribution in [2.75, 3.05) is 24.7 Å². The average molecular weight is 353 g/mol. The predicted octanol–water partition coefficient (Wildman–Crippen LogP) is 3.28. The molecule has 126 valence electrons. The van der Waals surface area contributed by atoms with Crippen molar-refractivity contribution in [3.8, 4) is 17.3 Å². The molecule has 2 aromatic rings. The molecule has 0 spiro atoms. The standard InChI is InChI=1S/C15H14ClFN4O3/c1-4-7-12(18)19-13(20-14(7)24-15(22)23)8-5-6-9(16)11(10(8)17)21(2)3/h4-6H,1H2,2-3H3,(H,22,23)(H2,18,19,20). The Hall–Kier alpha value is -2.87. The Kier molecular flexibility index (Phi) is 4.89. The molecule has 0 saturated heterocycles. The average Bonchev–Trinajstić information content (AvgIpc) is 2.46. The third-order valence-electron chi connectivity index (χ3n) is 3.08. The van der Waals surface area contributed by atoms with Gasteiger partial charge in [0, 0.05) is 14.1 Å². The van der Waals surface area contributed by atoms with Crippen molar-refractivity contribution in [1.29, 1.82) is 0 Å². The van der Waals surface area contributed by atoms with Gasteiger partial charge in [-0.3, -0.25) is 0 Å². The Morgan fingerprint density at radius 3 is 2.67 bits per heavy atom. The van der Waals surface area contributed by atoms with Crippen LogP contribution in [0.5, 0.6) is 5.88 Å². The van der Waals surface area contributed by atoms with Crippen LogP contribution in [0, 0.1) is 5.82 Å². The zero-order valence-electron chi connectivity index (χ0n) is 12.9. The van der Waals surface area contributed by atoms with Gasteiger partial charge in [-0.1, -0.05) is 24.3 Å². The third kappa shape index (κ3) is 3.23. The van der Waals surface area contributed by atoms with Crippen molar-refractivity contribution >= 4 is 35.3 Å².